The average molecular weight is 363 g/mol. The maximum Gasteiger partial charge on any atom is 0.387 e. The number of esters is 1. The van der Waals surface area contributed by atoms with Gasteiger partial charge in [-0.05, 0) is 48.0 Å². The van der Waals surface area contributed by atoms with Crippen LogP contribution in [0.4, 0.5) is 13.2 Å². The Hall–Kier alpha value is -3.29. The topological polar surface area (TPSA) is 57.1 Å². The third kappa shape index (κ3) is 3.85. The summed E-state index contributed by atoms with van der Waals surface area (Å²) in [6.45, 7) is -2.99. The molecule has 0 saturated heterocycles. The fourth-order valence-electron chi connectivity index (χ4n) is 2.25. The Labute approximate surface area is 146 Å². The van der Waals surface area contributed by atoms with Crippen LogP contribution in [0.3, 0.4) is 0 Å². The van der Waals surface area contributed by atoms with Crippen LogP contribution in [-0.2, 0) is 9.53 Å². The van der Waals surface area contributed by atoms with E-state index in [0.717, 1.165) is 0 Å². The second-order valence-electron chi connectivity index (χ2n) is 5.13. The maximum atomic E-state index is 13.0. The van der Waals surface area contributed by atoms with Crippen LogP contribution < -0.4 is 9.47 Å². The lowest BCUT2D eigenvalue weighted by atomic mass is 10.1. The lowest BCUT2D eigenvalue weighted by Gasteiger charge is -2.10. The molecule has 0 fully saturated rings. The molecule has 1 aliphatic rings. The highest BCUT2D eigenvalue weighted by Gasteiger charge is 2.24. The van der Waals surface area contributed by atoms with E-state index in [0.29, 0.717) is 11.1 Å². The number of hydrogen-bond acceptors (Lipinski definition) is 5. The monoisotopic (exact) mass is 363 g/mol. The SMILES string of the molecule is COc1cc(/C=C2/N=C(c3ccc(F)cc3)OC2=O)ccc1OC(F)F. The van der Waals surface area contributed by atoms with Gasteiger partial charge in [0.05, 0.1) is 7.11 Å². The standard InChI is InChI=1S/C18H12F3NO4/c1-24-15-9-10(2-7-14(15)25-18(20)21)8-13-17(23)26-16(22-13)11-3-5-12(19)6-4-11/h2-9,18H,1H3/b13-8+. The van der Waals surface area contributed by atoms with E-state index in [-0.39, 0.29) is 23.1 Å². The number of alkyl halides is 2. The number of aliphatic imine (C=N–C) groups is 1. The van der Waals surface area contributed by atoms with E-state index in [2.05, 4.69) is 9.73 Å². The van der Waals surface area contributed by atoms with E-state index in [4.69, 9.17) is 9.47 Å². The van der Waals surface area contributed by atoms with Gasteiger partial charge in [-0.15, -0.1) is 0 Å². The summed E-state index contributed by atoms with van der Waals surface area (Å²) in [5.41, 5.74) is 0.926. The fraction of sp³-hybridized carbons (Fsp3) is 0.111. The van der Waals surface area contributed by atoms with Gasteiger partial charge in [0, 0.05) is 5.56 Å². The second-order valence-corrected chi connectivity index (χ2v) is 5.13. The summed E-state index contributed by atoms with van der Waals surface area (Å²) < 4.78 is 52.1. The van der Waals surface area contributed by atoms with E-state index in [1.807, 2.05) is 0 Å². The average Bonchev–Trinajstić information content (AvgIpc) is 2.97. The zero-order valence-electron chi connectivity index (χ0n) is 13.4. The molecular formula is C18H12F3NO4. The summed E-state index contributed by atoms with van der Waals surface area (Å²) in [6, 6.07) is 9.49. The minimum atomic E-state index is -2.99. The lowest BCUT2D eigenvalue weighted by molar-refractivity contribution is -0.129. The van der Waals surface area contributed by atoms with Crippen molar-refractivity contribution in [3.8, 4) is 11.5 Å². The van der Waals surface area contributed by atoms with E-state index in [1.165, 1.54) is 55.7 Å². The Morgan fingerprint density at radius 3 is 2.50 bits per heavy atom. The smallest absolute Gasteiger partial charge is 0.387 e. The number of hydrogen-bond donors (Lipinski definition) is 0. The Morgan fingerprint density at radius 2 is 1.85 bits per heavy atom. The number of carbonyl (C=O) groups excluding carboxylic acids is 1. The Morgan fingerprint density at radius 1 is 1.12 bits per heavy atom. The van der Waals surface area contributed by atoms with Crippen molar-refractivity contribution in [1.82, 2.24) is 0 Å². The minimum absolute atomic E-state index is 0.00825. The van der Waals surface area contributed by atoms with Crippen LogP contribution >= 0.6 is 0 Å². The van der Waals surface area contributed by atoms with Crippen molar-refractivity contribution in [3.05, 3.63) is 65.1 Å². The molecule has 0 spiro atoms. The van der Waals surface area contributed by atoms with Crippen LogP contribution in [0.25, 0.3) is 6.08 Å². The summed E-state index contributed by atoms with van der Waals surface area (Å²) >= 11 is 0. The van der Waals surface area contributed by atoms with Crippen molar-refractivity contribution in [2.75, 3.05) is 7.11 Å². The van der Waals surface area contributed by atoms with Gasteiger partial charge in [-0.3, -0.25) is 0 Å². The van der Waals surface area contributed by atoms with Crippen molar-refractivity contribution in [2.24, 2.45) is 4.99 Å². The third-order valence-corrected chi connectivity index (χ3v) is 3.42. The second kappa shape index (κ2) is 7.30. The van der Waals surface area contributed by atoms with Crippen molar-refractivity contribution in [2.45, 2.75) is 6.61 Å². The van der Waals surface area contributed by atoms with Gasteiger partial charge in [0.25, 0.3) is 0 Å². The van der Waals surface area contributed by atoms with Gasteiger partial charge in [0.15, 0.2) is 17.2 Å². The van der Waals surface area contributed by atoms with Gasteiger partial charge in [0.1, 0.15) is 5.82 Å². The van der Waals surface area contributed by atoms with E-state index in [9.17, 15) is 18.0 Å². The predicted octanol–water partition coefficient (Wildman–Crippen LogP) is 3.78. The lowest BCUT2D eigenvalue weighted by Crippen LogP contribution is -2.05. The molecule has 3 rings (SSSR count). The molecule has 0 aliphatic carbocycles. The molecule has 0 amide bonds. The maximum absolute atomic E-state index is 13.0. The van der Waals surface area contributed by atoms with Gasteiger partial charge >= 0.3 is 12.6 Å². The molecule has 0 radical (unpaired) electrons. The van der Waals surface area contributed by atoms with Crippen molar-refractivity contribution >= 4 is 17.9 Å². The molecular weight excluding hydrogens is 351 g/mol. The molecule has 26 heavy (non-hydrogen) atoms. The molecule has 1 heterocycles. The van der Waals surface area contributed by atoms with Crippen LogP contribution in [0.1, 0.15) is 11.1 Å². The van der Waals surface area contributed by atoms with Crippen LogP contribution in [0, 0.1) is 5.82 Å². The Balaban J connectivity index is 1.89. The van der Waals surface area contributed by atoms with Crippen LogP contribution in [0.15, 0.2) is 53.2 Å². The van der Waals surface area contributed by atoms with Crippen LogP contribution in [-0.4, -0.2) is 25.6 Å². The number of cyclic esters (lactones) is 1. The number of rotatable bonds is 5. The van der Waals surface area contributed by atoms with Gasteiger partial charge < -0.3 is 14.2 Å². The van der Waals surface area contributed by atoms with Crippen molar-refractivity contribution in [1.29, 1.82) is 0 Å². The number of ether oxygens (including phenoxy) is 3. The summed E-state index contributed by atoms with van der Waals surface area (Å²) in [6.07, 6.45) is 1.41. The van der Waals surface area contributed by atoms with E-state index < -0.39 is 18.4 Å². The molecule has 2 aromatic rings. The Kier molecular flexibility index (Phi) is 4.92. The highest BCUT2D eigenvalue weighted by molar-refractivity contribution is 6.12. The van der Waals surface area contributed by atoms with Gasteiger partial charge in [-0.25, -0.2) is 14.2 Å². The minimum Gasteiger partial charge on any atom is -0.493 e. The number of halogens is 3. The van der Waals surface area contributed by atoms with Gasteiger partial charge in [0.2, 0.25) is 5.90 Å². The summed E-state index contributed by atoms with van der Waals surface area (Å²) in [5.74, 6) is -1.11. The molecule has 5 nitrogen and oxygen atoms in total. The first-order valence-corrected chi connectivity index (χ1v) is 7.37. The normalized spacial score (nSPS) is 15.2. The molecule has 0 aromatic heterocycles. The van der Waals surface area contributed by atoms with E-state index >= 15 is 0 Å². The molecule has 1 aliphatic heterocycles. The Bertz CT molecular complexity index is 892. The summed E-state index contributed by atoms with van der Waals surface area (Å²) in [5, 5.41) is 0. The summed E-state index contributed by atoms with van der Waals surface area (Å²) in [4.78, 5) is 16.0. The van der Waals surface area contributed by atoms with Gasteiger partial charge in [-0.2, -0.15) is 8.78 Å². The molecule has 8 heteroatoms. The molecule has 0 bridgehead atoms. The third-order valence-electron chi connectivity index (χ3n) is 3.42. The quantitative estimate of drug-likeness (QED) is 0.599. The highest BCUT2D eigenvalue weighted by Crippen LogP contribution is 2.30. The molecule has 2 aromatic carbocycles. The first-order valence-electron chi connectivity index (χ1n) is 7.37. The highest BCUT2D eigenvalue weighted by atomic mass is 19.3. The number of carbonyl (C=O) groups is 1. The van der Waals surface area contributed by atoms with Crippen LogP contribution in [0.2, 0.25) is 0 Å². The first kappa shape index (κ1) is 17.5. The van der Waals surface area contributed by atoms with Crippen molar-refractivity contribution in [3.63, 3.8) is 0 Å². The molecule has 0 atom stereocenters. The van der Waals surface area contributed by atoms with E-state index in [1.54, 1.807) is 0 Å². The van der Waals surface area contributed by atoms with Crippen LogP contribution in [0.5, 0.6) is 11.5 Å². The number of nitrogens with zero attached hydrogens (tertiary/aromatic N) is 1. The number of benzene rings is 2. The number of methoxy groups -OCH3 is 1. The fourth-order valence-corrected chi connectivity index (χ4v) is 2.25. The zero-order valence-corrected chi connectivity index (χ0v) is 13.4. The molecule has 134 valence electrons. The largest absolute Gasteiger partial charge is 0.493 e. The molecule has 0 saturated carbocycles. The molecule has 0 N–H and O–H groups in total. The van der Waals surface area contributed by atoms with Gasteiger partial charge in [-0.1, -0.05) is 6.07 Å². The zero-order chi connectivity index (χ0) is 18.7. The molecule has 0 unspecified atom stereocenters. The predicted molar refractivity (Wildman–Crippen MR) is 86.6 cm³/mol. The van der Waals surface area contributed by atoms with Crippen molar-refractivity contribution < 1.29 is 32.2 Å². The first-order chi connectivity index (χ1) is 12.5. The summed E-state index contributed by atoms with van der Waals surface area (Å²) in [7, 11) is 1.30.